The molecule has 0 atom stereocenters. The van der Waals surface area contributed by atoms with Gasteiger partial charge >= 0.3 is 0 Å². The number of rotatable bonds is 4. The van der Waals surface area contributed by atoms with Crippen molar-refractivity contribution in [3.8, 4) is 0 Å². The molecular formula is C9H14O. The van der Waals surface area contributed by atoms with Crippen LogP contribution in [-0.4, -0.2) is 13.2 Å². The molecule has 56 valence electrons. The van der Waals surface area contributed by atoms with Crippen molar-refractivity contribution in [2.75, 3.05) is 13.2 Å². The Morgan fingerprint density at radius 2 is 1.70 bits per heavy atom. The van der Waals surface area contributed by atoms with Crippen LogP contribution in [0.5, 0.6) is 0 Å². The SMILES string of the molecule is C=CCC1(CC=C)COC1. The Balaban J connectivity index is 2.41. The summed E-state index contributed by atoms with van der Waals surface area (Å²) >= 11 is 0. The van der Waals surface area contributed by atoms with Gasteiger partial charge in [0.25, 0.3) is 0 Å². The molecule has 1 fully saturated rings. The van der Waals surface area contributed by atoms with Gasteiger partial charge in [-0.25, -0.2) is 0 Å². The molecule has 0 aromatic carbocycles. The van der Waals surface area contributed by atoms with Crippen LogP contribution < -0.4 is 0 Å². The average Bonchev–Trinajstić information content (AvgIpc) is 1.84. The molecule has 0 aliphatic carbocycles. The summed E-state index contributed by atoms with van der Waals surface area (Å²) in [6.07, 6.45) is 6.04. The van der Waals surface area contributed by atoms with Crippen LogP contribution in [0.25, 0.3) is 0 Å². The Labute approximate surface area is 62.4 Å². The highest BCUT2D eigenvalue weighted by molar-refractivity contribution is 4.95. The lowest BCUT2D eigenvalue weighted by atomic mass is 9.79. The topological polar surface area (TPSA) is 9.23 Å². The van der Waals surface area contributed by atoms with Gasteiger partial charge in [-0.3, -0.25) is 0 Å². The molecule has 1 heterocycles. The standard InChI is InChI=1S/C9H14O/c1-3-5-9(6-4-2)7-10-8-9/h3-4H,1-2,5-8H2. The number of ether oxygens (including phenoxy) is 1. The highest BCUT2D eigenvalue weighted by Gasteiger charge is 2.35. The fourth-order valence-corrected chi connectivity index (χ4v) is 1.32. The zero-order valence-electron chi connectivity index (χ0n) is 6.31. The molecule has 1 aliphatic rings. The molecule has 10 heavy (non-hydrogen) atoms. The van der Waals surface area contributed by atoms with E-state index in [0.717, 1.165) is 26.1 Å². The van der Waals surface area contributed by atoms with E-state index in [9.17, 15) is 0 Å². The summed E-state index contributed by atoms with van der Waals surface area (Å²) in [4.78, 5) is 0. The zero-order valence-corrected chi connectivity index (χ0v) is 6.31. The van der Waals surface area contributed by atoms with Crippen LogP contribution >= 0.6 is 0 Å². The van der Waals surface area contributed by atoms with Crippen LogP contribution in [0.4, 0.5) is 0 Å². The fraction of sp³-hybridized carbons (Fsp3) is 0.556. The third kappa shape index (κ3) is 1.29. The first-order valence-corrected chi connectivity index (χ1v) is 3.62. The largest absolute Gasteiger partial charge is 0.380 e. The molecule has 0 unspecified atom stereocenters. The van der Waals surface area contributed by atoms with E-state index >= 15 is 0 Å². The van der Waals surface area contributed by atoms with Crippen molar-refractivity contribution in [1.29, 1.82) is 0 Å². The summed E-state index contributed by atoms with van der Waals surface area (Å²) < 4.78 is 5.15. The van der Waals surface area contributed by atoms with Crippen LogP contribution in [0.2, 0.25) is 0 Å². The molecular weight excluding hydrogens is 124 g/mol. The minimum Gasteiger partial charge on any atom is -0.380 e. The number of allylic oxidation sites excluding steroid dienone is 2. The molecule has 0 saturated carbocycles. The van der Waals surface area contributed by atoms with Gasteiger partial charge in [0.05, 0.1) is 13.2 Å². The van der Waals surface area contributed by atoms with E-state index in [1.807, 2.05) is 12.2 Å². The van der Waals surface area contributed by atoms with Gasteiger partial charge in [-0.05, 0) is 12.8 Å². The summed E-state index contributed by atoms with van der Waals surface area (Å²) in [6, 6.07) is 0. The van der Waals surface area contributed by atoms with Crippen LogP contribution in [0.3, 0.4) is 0 Å². The third-order valence-electron chi connectivity index (χ3n) is 1.97. The molecule has 0 radical (unpaired) electrons. The third-order valence-corrected chi connectivity index (χ3v) is 1.97. The number of hydrogen-bond acceptors (Lipinski definition) is 1. The lowest BCUT2D eigenvalue weighted by Crippen LogP contribution is -2.41. The Bertz CT molecular complexity index is 122. The van der Waals surface area contributed by atoms with Crippen LogP contribution in [-0.2, 0) is 4.74 Å². The van der Waals surface area contributed by atoms with Crippen LogP contribution in [0, 0.1) is 5.41 Å². The van der Waals surface area contributed by atoms with Gasteiger partial charge in [-0.15, -0.1) is 13.2 Å². The van der Waals surface area contributed by atoms with E-state index < -0.39 is 0 Å². The zero-order chi connectivity index (χ0) is 7.45. The Hall–Kier alpha value is -0.560. The molecule has 0 aromatic heterocycles. The van der Waals surface area contributed by atoms with Gasteiger partial charge in [-0.1, -0.05) is 12.2 Å². The van der Waals surface area contributed by atoms with Gasteiger partial charge in [0, 0.05) is 5.41 Å². The van der Waals surface area contributed by atoms with Crippen LogP contribution in [0.1, 0.15) is 12.8 Å². The highest BCUT2D eigenvalue weighted by atomic mass is 16.5. The Kier molecular flexibility index (Phi) is 2.28. The smallest absolute Gasteiger partial charge is 0.0550 e. The number of hydrogen-bond donors (Lipinski definition) is 0. The maximum absolute atomic E-state index is 5.15. The summed E-state index contributed by atoms with van der Waals surface area (Å²) in [7, 11) is 0. The fourth-order valence-electron chi connectivity index (χ4n) is 1.32. The second kappa shape index (κ2) is 3.02. The molecule has 1 nitrogen and oxygen atoms in total. The first-order valence-electron chi connectivity index (χ1n) is 3.62. The quantitative estimate of drug-likeness (QED) is 0.541. The van der Waals surface area contributed by atoms with Gasteiger partial charge in [0.1, 0.15) is 0 Å². The predicted octanol–water partition coefficient (Wildman–Crippen LogP) is 2.16. The van der Waals surface area contributed by atoms with Crippen molar-refractivity contribution < 1.29 is 4.74 Å². The molecule has 0 aromatic rings. The van der Waals surface area contributed by atoms with Crippen molar-refractivity contribution in [3.63, 3.8) is 0 Å². The predicted molar refractivity (Wildman–Crippen MR) is 42.9 cm³/mol. The highest BCUT2D eigenvalue weighted by Crippen LogP contribution is 2.35. The Morgan fingerprint density at radius 3 is 1.90 bits per heavy atom. The Morgan fingerprint density at radius 1 is 1.20 bits per heavy atom. The van der Waals surface area contributed by atoms with Gasteiger partial charge < -0.3 is 4.74 Å². The van der Waals surface area contributed by atoms with E-state index in [4.69, 9.17) is 4.74 Å². The monoisotopic (exact) mass is 138 g/mol. The molecule has 1 saturated heterocycles. The van der Waals surface area contributed by atoms with E-state index in [2.05, 4.69) is 13.2 Å². The first kappa shape index (κ1) is 7.55. The van der Waals surface area contributed by atoms with Crippen molar-refractivity contribution in [3.05, 3.63) is 25.3 Å². The lowest BCUT2D eigenvalue weighted by Gasteiger charge is -2.40. The average molecular weight is 138 g/mol. The van der Waals surface area contributed by atoms with Crippen molar-refractivity contribution >= 4 is 0 Å². The normalized spacial score (nSPS) is 21.2. The molecule has 1 heteroatoms. The van der Waals surface area contributed by atoms with Crippen molar-refractivity contribution in [2.45, 2.75) is 12.8 Å². The molecule has 0 bridgehead atoms. The molecule has 1 rings (SSSR count). The second-order valence-corrected chi connectivity index (χ2v) is 2.98. The van der Waals surface area contributed by atoms with Gasteiger partial charge in [-0.2, -0.15) is 0 Å². The van der Waals surface area contributed by atoms with E-state index in [0.29, 0.717) is 5.41 Å². The maximum atomic E-state index is 5.15. The molecule has 0 spiro atoms. The second-order valence-electron chi connectivity index (χ2n) is 2.98. The molecule has 0 amide bonds. The molecule has 1 aliphatic heterocycles. The van der Waals surface area contributed by atoms with E-state index in [-0.39, 0.29) is 0 Å². The molecule has 0 N–H and O–H groups in total. The van der Waals surface area contributed by atoms with Crippen molar-refractivity contribution in [1.82, 2.24) is 0 Å². The first-order chi connectivity index (χ1) is 4.83. The summed E-state index contributed by atoms with van der Waals surface area (Å²) in [5.74, 6) is 0. The van der Waals surface area contributed by atoms with E-state index in [1.54, 1.807) is 0 Å². The minimum absolute atomic E-state index is 0.365. The van der Waals surface area contributed by atoms with Crippen LogP contribution in [0.15, 0.2) is 25.3 Å². The maximum Gasteiger partial charge on any atom is 0.0550 e. The van der Waals surface area contributed by atoms with Gasteiger partial charge in [0.2, 0.25) is 0 Å². The van der Waals surface area contributed by atoms with Crippen molar-refractivity contribution in [2.24, 2.45) is 5.41 Å². The summed E-state index contributed by atoms with van der Waals surface area (Å²) in [6.45, 7) is 9.20. The summed E-state index contributed by atoms with van der Waals surface area (Å²) in [5.41, 5.74) is 0.365. The lowest BCUT2D eigenvalue weighted by molar-refractivity contribution is -0.109. The minimum atomic E-state index is 0.365. The van der Waals surface area contributed by atoms with Gasteiger partial charge in [0.15, 0.2) is 0 Å². The summed E-state index contributed by atoms with van der Waals surface area (Å²) in [5, 5.41) is 0. The van der Waals surface area contributed by atoms with E-state index in [1.165, 1.54) is 0 Å².